The van der Waals surface area contributed by atoms with Gasteiger partial charge in [0.05, 0.1) is 13.2 Å². The second-order valence-corrected chi connectivity index (χ2v) is 2.49. The summed E-state index contributed by atoms with van der Waals surface area (Å²) in [7, 11) is 0. The van der Waals surface area contributed by atoms with Crippen molar-refractivity contribution < 1.29 is 47.9 Å². The average molecular weight is 286 g/mol. The van der Waals surface area contributed by atoms with Crippen LogP contribution in [0.2, 0.25) is 0 Å². The van der Waals surface area contributed by atoms with Crippen LogP contribution < -0.4 is 0 Å². The maximum atomic E-state index is 12.0. The van der Waals surface area contributed by atoms with Gasteiger partial charge in [-0.25, -0.2) is 14.4 Å². The zero-order valence-electron chi connectivity index (χ0n) is 10.3. The van der Waals surface area contributed by atoms with Crippen LogP contribution in [-0.4, -0.2) is 54.9 Å². The summed E-state index contributed by atoms with van der Waals surface area (Å²) >= 11 is 0. The fraction of sp³-hybridized carbons (Fsp3) is 0.667. The molecule has 0 saturated heterocycles. The van der Waals surface area contributed by atoms with E-state index in [0.717, 1.165) is 0 Å². The molecule has 0 bridgehead atoms. The molecule has 2 N–H and O–H groups in total. The van der Waals surface area contributed by atoms with Crippen LogP contribution >= 0.6 is 0 Å². The Morgan fingerprint density at radius 2 is 1.47 bits per heavy atom. The average Bonchev–Trinajstić information content (AvgIpc) is 2.27. The molecule has 0 rings (SSSR count). The fourth-order valence-electron chi connectivity index (χ4n) is 0.558. The molecule has 0 aliphatic heterocycles. The molecule has 0 aliphatic carbocycles. The summed E-state index contributed by atoms with van der Waals surface area (Å²) < 4.78 is 28.0. The van der Waals surface area contributed by atoms with Gasteiger partial charge in [0.25, 0.3) is 6.36 Å². The summed E-state index contributed by atoms with van der Waals surface area (Å²) in [4.78, 5) is 29.4. The van der Waals surface area contributed by atoms with Crippen LogP contribution in [0.3, 0.4) is 0 Å². The summed E-state index contributed by atoms with van der Waals surface area (Å²) in [6, 6.07) is 0. The minimum absolute atomic E-state index is 0.374. The smallest absolute Gasteiger partial charge is 0.450 e. The Morgan fingerprint density at radius 3 is 1.79 bits per heavy atom. The van der Waals surface area contributed by atoms with Gasteiger partial charge in [-0.3, -0.25) is 0 Å². The molecule has 0 amide bonds. The quantitative estimate of drug-likeness (QED) is 0.574. The van der Waals surface area contributed by atoms with Gasteiger partial charge in [-0.05, 0) is 13.8 Å². The van der Waals surface area contributed by atoms with Crippen LogP contribution in [0.4, 0.5) is 18.8 Å². The van der Waals surface area contributed by atoms with Gasteiger partial charge < -0.3 is 29.2 Å². The molecule has 0 aromatic heterocycles. The first kappa shape index (κ1) is 19.1. The fourth-order valence-corrected chi connectivity index (χ4v) is 0.558. The third-order valence-corrected chi connectivity index (χ3v) is 1.09. The van der Waals surface area contributed by atoms with Crippen LogP contribution in [-0.2, 0) is 18.9 Å². The predicted octanol–water partition coefficient (Wildman–Crippen LogP) is 1.85. The maximum absolute atomic E-state index is 12.0. The molecule has 0 saturated carbocycles. The van der Waals surface area contributed by atoms with Crippen molar-refractivity contribution in [2.45, 2.75) is 20.2 Å². The van der Waals surface area contributed by atoms with Crippen molar-refractivity contribution in [1.29, 1.82) is 0 Å². The minimum Gasteiger partial charge on any atom is -0.450 e. The SMILES string of the molecule is CCOC(=O)OCC.O=C(O)OCC(F)OC(=O)O. The van der Waals surface area contributed by atoms with Gasteiger partial charge in [0.2, 0.25) is 0 Å². The lowest BCUT2D eigenvalue weighted by Gasteiger charge is -2.04. The summed E-state index contributed by atoms with van der Waals surface area (Å²) in [5.41, 5.74) is 0. The Bertz CT molecular complexity index is 273. The highest BCUT2D eigenvalue weighted by molar-refractivity contribution is 5.59. The van der Waals surface area contributed by atoms with Crippen molar-refractivity contribution in [2.24, 2.45) is 0 Å². The minimum atomic E-state index is -2.27. The third kappa shape index (κ3) is 18.3. The van der Waals surface area contributed by atoms with Crippen molar-refractivity contribution in [3.63, 3.8) is 0 Å². The van der Waals surface area contributed by atoms with E-state index in [9.17, 15) is 18.8 Å². The van der Waals surface area contributed by atoms with E-state index in [2.05, 4.69) is 18.9 Å². The molecule has 0 heterocycles. The Morgan fingerprint density at radius 1 is 1.00 bits per heavy atom. The molecule has 0 aromatic rings. The lowest BCUT2D eigenvalue weighted by molar-refractivity contribution is -0.0549. The topological polar surface area (TPSA) is 129 Å². The second-order valence-electron chi connectivity index (χ2n) is 2.49. The van der Waals surface area contributed by atoms with E-state index in [-0.39, 0.29) is 0 Å². The number of hydrogen-bond acceptors (Lipinski definition) is 7. The number of hydrogen-bond donors (Lipinski definition) is 2. The molecule has 112 valence electrons. The van der Waals surface area contributed by atoms with Crippen molar-refractivity contribution >= 4 is 18.5 Å². The van der Waals surface area contributed by atoms with Crippen molar-refractivity contribution in [1.82, 2.24) is 0 Å². The standard InChI is InChI=1S/C5H10O3.C4H5FO6/c1-3-7-5(6)8-4-2;5-2(11-4(8)9)1-10-3(6)7/h3-4H2,1-2H3;2H,1H2,(H,6,7)(H,8,9). The molecule has 0 aromatic carbocycles. The van der Waals surface area contributed by atoms with Gasteiger partial charge in [-0.1, -0.05) is 0 Å². The zero-order valence-corrected chi connectivity index (χ0v) is 10.3. The molecule has 0 radical (unpaired) electrons. The molecule has 0 aliphatic rings. The zero-order chi connectivity index (χ0) is 15.3. The molecule has 0 fully saturated rings. The Balaban J connectivity index is 0. The monoisotopic (exact) mass is 286 g/mol. The first-order valence-corrected chi connectivity index (χ1v) is 5.02. The molecular weight excluding hydrogens is 271 g/mol. The number of alkyl halides is 1. The van der Waals surface area contributed by atoms with Crippen molar-refractivity contribution in [3.8, 4) is 0 Å². The normalized spacial score (nSPS) is 10.3. The van der Waals surface area contributed by atoms with Gasteiger partial charge in [-0.2, -0.15) is 4.39 Å². The molecule has 1 unspecified atom stereocenters. The third-order valence-electron chi connectivity index (χ3n) is 1.09. The van der Waals surface area contributed by atoms with Gasteiger partial charge in [0.15, 0.2) is 6.61 Å². The Kier molecular flexibility index (Phi) is 12.3. The summed E-state index contributed by atoms with van der Waals surface area (Å²) in [5.74, 6) is 0. The van der Waals surface area contributed by atoms with E-state index in [4.69, 9.17) is 10.2 Å². The van der Waals surface area contributed by atoms with Crippen molar-refractivity contribution in [3.05, 3.63) is 0 Å². The highest BCUT2D eigenvalue weighted by Gasteiger charge is 2.13. The van der Waals surface area contributed by atoms with E-state index in [1.807, 2.05) is 0 Å². The van der Waals surface area contributed by atoms with Crippen LogP contribution in [0.1, 0.15) is 13.8 Å². The highest BCUT2D eigenvalue weighted by atomic mass is 19.1. The molecular formula is C9H15FO9. The first-order chi connectivity index (χ1) is 8.83. The van der Waals surface area contributed by atoms with Crippen LogP contribution in [0.25, 0.3) is 0 Å². The predicted molar refractivity (Wildman–Crippen MR) is 56.6 cm³/mol. The molecule has 10 heteroatoms. The molecule has 0 spiro atoms. The van der Waals surface area contributed by atoms with E-state index < -0.39 is 31.4 Å². The van der Waals surface area contributed by atoms with Crippen molar-refractivity contribution in [2.75, 3.05) is 19.8 Å². The van der Waals surface area contributed by atoms with Gasteiger partial charge in [-0.15, -0.1) is 0 Å². The summed E-state index contributed by atoms with van der Waals surface area (Å²) in [6.07, 6.45) is -6.38. The van der Waals surface area contributed by atoms with Crippen LogP contribution in [0, 0.1) is 0 Å². The summed E-state index contributed by atoms with van der Waals surface area (Å²) in [5, 5.41) is 15.6. The molecule has 1 atom stereocenters. The largest absolute Gasteiger partial charge is 0.508 e. The van der Waals surface area contributed by atoms with Gasteiger partial charge >= 0.3 is 18.5 Å². The van der Waals surface area contributed by atoms with Gasteiger partial charge in [0, 0.05) is 0 Å². The van der Waals surface area contributed by atoms with Gasteiger partial charge in [0.1, 0.15) is 0 Å². The number of ether oxygens (including phenoxy) is 4. The molecule has 9 nitrogen and oxygen atoms in total. The number of carboxylic acid groups (broad SMARTS) is 2. The second kappa shape index (κ2) is 12.2. The number of carbonyl (C=O) groups is 3. The lowest BCUT2D eigenvalue weighted by atomic mass is 10.7. The first-order valence-electron chi connectivity index (χ1n) is 5.02. The van der Waals surface area contributed by atoms with E-state index >= 15 is 0 Å². The lowest BCUT2D eigenvalue weighted by Crippen LogP contribution is -2.19. The van der Waals surface area contributed by atoms with E-state index in [0.29, 0.717) is 13.2 Å². The maximum Gasteiger partial charge on any atom is 0.508 e. The highest BCUT2D eigenvalue weighted by Crippen LogP contribution is 1.95. The Labute approximate surface area is 107 Å². The number of rotatable bonds is 5. The van der Waals surface area contributed by atoms with Crippen LogP contribution in [0.15, 0.2) is 0 Å². The van der Waals surface area contributed by atoms with E-state index in [1.165, 1.54) is 0 Å². The van der Waals surface area contributed by atoms with E-state index in [1.54, 1.807) is 13.8 Å². The molecule has 19 heavy (non-hydrogen) atoms. The number of carbonyl (C=O) groups excluding carboxylic acids is 1. The van der Waals surface area contributed by atoms with Crippen LogP contribution in [0.5, 0.6) is 0 Å². The Hall–Kier alpha value is -2.26. The number of halogens is 1. The summed E-state index contributed by atoms with van der Waals surface area (Å²) in [6.45, 7) is 3.26.